The molecule has 2 amide bonds. The molecule has 44 heavy (non-hydrogen) atoms. The van der Waals surface area contributed by atoms with Crippen LogP contribution < -0.4 is 9.47 Å². The van der Waals surface area contributed by atoms with E-state index in [2.05, 4.69) is 0 Å². The number of nitro groups is 1. The van der Waals surface area contributed by atoms with Crippen LogP contribution in [0.4, 0.5) is 5.69 Å². The number of nitro benzene ring substituents is 1. The van der Waals surface area contributed by atoms with Crippen LogP contribution in [0.3, 0.4) is 0 Å². The van der Waals surface area contributed by atoms with Crippen LogP contribution in [0.2, 0.25) is 0 Å². The number of nitrogens with zero attached hydrogens (tertiary/aromatic N) is 5. The fraction of sp³-hybridized carbons (Fsp3) is 0.152. The largest absolute Gasteiger partial charge is 0.493 e. The number of amides is 2. The minimum Gasteiger partial charge on any atom is -0.493 e. The van der Waals surface area contributed by atoms with Crippen LogP contribution in [0.25, 0.3) is 23.0 Å². The van der Waals surface area contributed by atoms with Crippen LogP contribution >= 0.6 is 0 Å². The number of carbonyl (C=O) groups excluding carboxylic acids is 2. The van der Waals surface area contributed by atoms with E-state index in [0.29, 0.717) is 34.7 Å². The van der Waals surface area contributed by atoms with E-state index in [1.54, 1.807) is 48.1 Å². The predicted octanol–water partition coefficient (Wildman–Crippen LogP) is 5.30. The van der Waals surface area contributed by atoms with Crippen molar-refractivity contribution >= 4 is 23.6 Å². The highest BCUT2D eigenvalue weighted by Crippen LogP contribution is 2.32. The average molecular weight is 590 g/mol. The number of rotatable bonds is 9. The summed E-state index contributed by atoms with van der Waals surface area (Å²) in [6.07, 6.45) is 3.66. The Balaban J connectivity index is 1.56. The predicted molar refractivity (Wildman–Crippen MR) is 162 cm³/mol. The molecule has 0 atom stereocenters. The third-order valence-corrected chi connectivity index (χ3v) is 7.31. The van der Waals surface area contributed by atoms with Gasteiger partial charge in [-0.2, -0.15) is 10.4 Å². The lowest BCUT2D eigenvalue weighted by molar-refractivity contribution is -0.384. The van der Waals surface area contributed by atoms with Gasteiger partial charge in [0.2, 0.25) is 0 Å². The van der Waals surface area contributed by atoms with E-state index in [1.807, 2.05) is 42.5 Å². The van der Waals surface area contributed by atoms with Crippen LogP contribution in [0.1, 0.15) is 18.1 Å². The smallest absolute Gasteiger partial charge is 0.271 e. The molecule has 0 N–H and O–H groups in total. The van der Waals surface area contributed by atoms with Crippen molar-refractivity contribution in [2.75, 3.05) is 20.8 Å². The van der Waals surface area contributed by atoms with Crippen molar-refractivity contribution in [3.63, 3.8) is 0 Å². The van der Waals surface area contributed by atoms with E-state index >= 15 is 0 Å². The molecule has 0 unspecified atom stereocenters. The van der Waals surface area contributed by atoms with Gasteiger partial charge in [0.25, 0.3) is 17.5 Å². The minimum atomic E-state index is -0.664. The lowest BCUT2D eigenvalue weighted by atomic mass is 9.93. The number of non-ortho nitro benzene ring substituents is 1. The number of hydrogen-bond acceptors (Lipinski definition) is 8. The van der Waals surface area contributed by atoms with Gasteiger partial charge in [0.1, 0.15) is 11.6 Å². The standard InChI is InChI=1S/C33H27N5O6/c1-21-27(32(39)36(33(40)28(21)19-34)16-15-22-9-14-29(43-2)30(17-22)44-3)18-24-20-37(25-7-5-4-6-8-25)35-31(24)23-10-12-26(13-11-23)38(41)42/h4-14,17-18,20H,15-16H2,1-3H3/b27-18+. The number of nitriles is 1. The quantitative estimate of drug-likeness (QED) is 0.111. The van der Waals surface area contributed by atoms with Crippen molar-refractivity contribution in [2.24, 2.45) is 0 Å². The molecule has 0 bridgehead atoms. The first-order valence-electron chi connectivity index (χ1n) is 13.6. The van der Waals surface area contributed by atoms with Gasteiger partial charge in [-0.05, 0) is 67.0 Å². The molecule has 4 aromatic rings. The third-order valence-electron chi connectivity index (χ3n) is 7.31. The number of ether oxygens (including phenoxy) is 2. The molecule has 1 aliphatic heterocycles. The van der Waals surface area contributed by atoms with Crippen LogP contribution in [-0.4, -0.2) is 52.2 Å². The molecule has 3 aromatic carbocycles. The van der Waals surface area contributed by atoms with Crippen molar-refractivity contribution < 1.29 is 24.0 Å². The Morgan fingerprint density at radius 1 is 0.977 bits per heavy atom. The highest BCUT2D eigenvalue weighted by atomic mass is 16.6. The van der Waals surface area contributed by atoms with Gasteiger partial charge in [0, 0.05) is 41.6 Å². The molecule has 1 aliphatic rings. The molecule has 0 saturated carbocycles. The first kappa shape index (κ1) is 29.5. The number of hydrogen-bond donors (Lipinski definition) is 0. The summed E-state index contributed by atoms with van der Waals surface area (Å²) in [6, 6.07) is 22.6. The third kappa shape index (κ3) is 5.69. The summed E-state index contributed by atoms with van der Waals surface area (Å²) in [4.78, 5) is 38.9. The van der Waals surface area contributed by atoms with E-state index in [9.17, 15) is 25.0 Å². The van der Waals surface area contributed by atoms with Crippen molar-refractivity contribution in [1.29, 1.82) is 5.26 Å². The number of aromatic nitrogens is 2. The number of para-hydroxylation sites is 1. The molecule has 0 saturated heterocycles. The monoisotopic (exact) mass is 589 g/mol. The molecule has 220 valence electrons. The molecule has 0 fully saturated rings. The van der Waals surface area contributed by atoms with E-state index < -0.39 is 16.7 Å². The summed E-state index contributed by atoms with van der Waals surface area (Å²) in [5, 5.41) is 25.8. The Morgan fingerprint density at radius 2 is 1.68 bits per heavy atom. The van der Waals surface area contributed by atoms with Gasteiger partial charge in [0.15, 0.2) is 11.5 Å². The summed E-state index contributed by atoms with van der Waals surface area (Å²) in [5.74, 6) is -0.140. The highest BCUT2D eigenvalue weighted by Gasteiger charge is 2.35. The summed E-state index contributed by atoms with van der Waals surface area (Å²) in [6.45, 7) is 1.60. The van der Waals surface area contributed by atoms with Gasteiger partial charge >= 0.3 is 0 Å². The molecular weight excluding hydrogens is 562 g/mol. The number of methoxy groups -OCH3 is 2. The Kier molecular flexibility index (Phi) is 8.35. The van der Waals surface area contributed by atoms with Crippen LogP contribution in [0.15, 0.2) is 95.7 Å². The fourth-order valence-corrected chi connectivity index (χ4v) is 4.94. The van der Waals surface area contributed by atoms with Gasteiger partial charge in [-0.1, -0.05) is 24.3 Å². The second-order valence-corrected chi connectivity index (χ2v) is 9.89. The SMILES string of the molecule is COc1ccc(CCN2C(=O)C(C#N)=C(C)/C(=C\c3cn(-c4ccccc4)nc3-c3ccc([N+](=O)[O-])cc3)C2=O)cc1OC. The van der Waals surface area contributed by atoms with Crippen molar-refractivity contribution in [1.82, 2.24) is 14.7 Å². The highest BCUT2D eigenvalue weighted by molar-refractivity contribution is 6.19. The molecular formula is C33H27N5O6. The zero-order chi connectivity index (χ0) is 31.4. The van der Waals surface area contributed by atoms with Gasteiger partial charge < -0.3 is 9.47 Å². The first-order chi connectivity index (χ1) is 21.2. The summed E-state index contributed by atoms with van der Waals surface area (Å²) >= 11 is 0. The van der Waals surface area contributed by atoms with Crippen LogP contribution in [0, 0.1) is 21.4 Å². The van der Waals surface area contributed by atoms with E-state index in [0.717, 1.165) is 16.2 Å². The lowest BCUT2D eigenvalue weighted by Crippen LogP contribution is -2.43. The first-order valence-corrected chi connectivity index (χ1v) is 13.6. The Bertz CT molecular complexity index is 1870. The summed E-state index contributed by atoms with van der Waals surface area (Å²) < 4.78 is 12.3. The molecule has 0 aliphatic carbocycles. The maximum Gasteiger partial charge on any atom is 0.271 e. The zero-order valence-corrected chi connectivity index (χ0v) is 24.2. The van der Waals surface area contributed by atoms with E-state index in [4.69, 9.17) is 14.6 Å². The molecule has 0 radical (unpaired) electrons. The lowest BCUT2D eigenvalue weighted by Gasteiger charge is -2.27. The zero-order valence-electron chi connectivity index (χ0n) is 24.2. The minimum absolute atomic E-state index is 0.0292. The second kappa shape index (κ2) is 12.5. The Hall–Kier alpha value is -6.02. The van der Waals surface area contributed by atoms with Gasteiger partial charge in [-0.15, -0.1) is 0 Å². The Morgan fingerprint density at radius 3 is 2.32 bits per heavy atom. The van der Waals surface area contributed by atoms with E-state index in [1.165, 1.54) is 26.4 Å². The maximum absolute atomic E-state index is 13.8. The number of imide groups is 1. The molecule has 11 heteroatoms. The summed E-state index contributed by atoms with van der Waals surface area (Å²) in [7, 11) is 3.05. The van der Waals surface area contributed by atoms with Gasteiger partial charge in [-0.3, -0.25) is 24.6 Å². The number of carbonyl (C=O) groups is 2. The molecule has 1 aromatic heterocycles. The van der Waals surface area contributed by atoms with E-state index in [-0.39, 0.29) is 29.0 Å². The topological polar surface area (TPSA) is 141 Å². The molecule has 5 rings (SSSR count). The van der Waals surface area contributed by atoms with Crippen molar-refractivity contribution in [2.45, 2.75) is 13.3 Å². The second-order valence-electron chi connectivity index (χ2n) is 9.89. The van der Waals surface area contributed by atoms with Crippen LogP contribution in [0.5, 0.6) is 11.5 Å². The van der Waals surface area contributed by atoms with Gasteiger partial charge in [-0.25, -0.2) is 4.68 Å². The maximum atomic E-state index is 13.8. The normalized spacial score (nSPS) is 14.1. The number of benzene rings is 3. The van der Waals surface area contributed by atoms with Crippen molar-refractivity contribution in [3.8, 4) is 34.5 Å². The fourth-order valence-electron chi connectivity index (χ4n) is 4.94. The van der Waals surface area contributed by atoms with Crippen LogP contribution in [-0.2, 0) is 16.0 Å². The van der Waals surface area contributed by atoms with Gasteiger partial charge in [0.05, 0.1) is 30.5 Å². The average Bonchev–Trinajstić information content (AvgIpc) is 3.47. The summed E-state index contributed by atoms with van der Waals surface area (Å²) in [5.41, 5.74) is 3.37. The molecule has 0 spiro atoms. The molecule has 11 nitrogen and oxygen atoms in total. The Labute approximate surface area is 253 Å². The van der Waals surface area contributed by atoms with Crippen molar-refractivity contribution in [3.05, 3.63) is 117 Å². The molecule has 2 heterocycles.